The van der Waals surface area contributed by atoms with Crippen LogP contribution in [-0.2, 0) is 12.8 Å². The zero-order valence-corrected chi connectivity index (χ0v) is 16.4. The minimum absolute atomic E-state index is 0.0730. The van der Waals surface area contributed by atoms with Crippen LogP contribution in [0.25, 0.3) is 0 Å². The van der Waals surface area contributed by atoms with Crippen molar-refractivity contribution in [3.05, 3.63) is 45.8 Å². The van der Waals surface area contributed by atoms with E-state index in [-0.39, 0.29) is 11.2 Å². The van der Waals surface area contributed by atoms with E-state index in [1.165, 1.54) is 28.5 Å². The molecule has 0 aliphatic heterocycles. The third kappa shape index (κ3) is 4.36. The molecule has 0 saturated heterocycles. The van der Waals surface area contributed by atoms with Gasteiger partial charge in [0.2, 0.25) is 0 Å². The number of hydrogen-bond donors (Lipinski definition) is 0. The molecule has 6 heteroatoms. The minimum Gasteiger partial charge on any atom is -0.434 e. The molecule has 1 aliphatic rings. The Labute approximate surface area is 162 Å². The number of aliphatic imine (C=N–C) groups is 1. The molecule has 0 radical (unpaired) electrons. The second kappa shape index (κ2) is 7.77. The first-order chi connectivity index (χ1) is 12.8. The lowest BCUT2D eigenvalue weighted by atomic mass is 9.72. The Balaban J connectivity index is 1.90. The molecular formula is C21H22F2N2OS. The molecule has 1 aromatic carbocycles. The van der Waals surface area contributed by atoms with E-state index in [0.717, 1.165) is 24.8 Å². The van der Waals surface area contributed by atoms with Crippen molar-refractivity contribution in [1.29, 1.82) is 5.26 Å². The lowest BCUT2D eigenvalue weighted by Gasteiger charge is -2.33. The quantitative estimate of drug-likeness (QED) is 0.592. The maximum atomic E-state index is 12.6. The average Bonchev–Trinajstić information content (AvgIpc) is 2.96. The number of ether oxygens (including phenoxy) is 1. The van der Waals surface area contributed by atoms with E-state index >= 15 is 0 Å². The fourth-order valence-corrected chi connectivity index (χ4v) is 4.66. The number of fused-ring (bicyclic) bond motifs is 1. The first kappa shape index (κ1) is 19.5. The number of nitrogens with zero attached hydrogens (tertiary/aromatic N) is 2. The van der Waals surface area contributed by atoms with Crippen LogP contribution in [0.2, 0.25) is 0 Å². The summed E-state index contributed by atoms with van der Waals surface area (Å²) >= 11 is 1.54. The summed E-state index contributed by atoms with van der Waals surface area (Å²) in [5, 5.41) is 10.3. The normalized spacial score (nSPS) is 17.1. The fourth-order valence-electron chi connectivity index (χ4n) is 3.44. The Kier molecular flexibility index (Phi) is 5.61. The lowest BCUT2D eigenvalue weighted by molar-refractivity contribution is -0.0499. The van der Waals surface area contributed by atoms with Gasteiger partial charge in [-0.1, -0.05) is 32.9 Å². The molecule has 0 unspecified atom stereocenters. The monoisotopic (exact) mass is 388 g/mol. The van der Waals surface area contributed by atoms with Gasteiger partial charge in [-0.15, -0.1) is 11.3 Å². The number of benzene rings is 1. The molecule has 1 aromatic heterocycles. The van der Waals surface area contributed by atoms with E-state index in [9.17, 15) is 14.0 Å². The predicted molar refractivity (Wildman–Crippen MR) is 104 cm³/mol. The second-order valence-electron chi connectivity index (χ2n) is 7.78. The highest BCUT2D eigenvalue weighted by molar-refractivity contribution is 7.16. The van der Waals surface area contributed by atoms with Gasteiger partial charge >= 0.3 is 6.61 Å². The highest BCUT2D eigenvalue weighted by atomic mass is 32.1. The van der Waals surface area contributed by atoms with E-state index in [1.807, 2.05) is 0 Å². The fraction of sp³-hybridized carbons (Fsp3) is 0.429. The van der Waals surface area contributed by atoms with Crippen LogP contribution in [0.3, 0.4) is 0 Å². The summed E-state index contributed by atoms with van der Waals surface area (Å²) in [4.78, 5) is 5.68. The highest BCUT2D eigenvalue weighted by Crippen LogP contribution is 2.44. The summed E-state index contributed by atoms with van der Waals surface area (Å²) in [7, 11) is 0. The SMILES string of the molecule is CC(C)(C)[C@@H]1CCc2c(sc(N=Cc3ccccc3OC(F)F)c2C#N)C1. The van der Waals surface area contributed by atoms with Gasteiger partial charge in [0.15, 0.2) is 0 Å². The predicted octanol–water partition coefficient (Wildman–Crippen LogP) is 6.12. The maximum absolute atomic E-state index is 12.6. The number of nitriles is 1. The molecule has 0 N–H and O–H groups in total. The summed E-state index contributed by atoms with van der Waals surface area (Å²) < 4.78 is 29.7. The van der Waals surface area contributed by atoms with Crippen LogP contribution in [0.5, 0.6) is 5.75 Å². The zero-order chi connectivity index (χ0) is 19.6. The molecule has 1 heterocycles. The Morgan fingerprint density at radius 1 is 1.33 bits per heavy atom. The van der Waals surface area contributed by atoms with Gasteiger partial charge in [0.1, 0.15) is 16.8 Å². The molecule has 1 aliphatic carbocycles. The van der Waals surface area contributed by atoms with Crippen LogP contribution in [0.4, 0.5) is 13.8 Å². The van der Waals surface area contributed by atoms with E-state index in [1.54, 1.807) is 18.2 Å². The van der Waals surface area contributed by atoms with Crippen molar-refractivity contribution >= 4 is 22.6 Å². The summed E-state index contributed by atoms with van der Waals surface area (Å²) in [6.45, 7) is 3.86. The van der Waals surface area contributed by atoms with Crippen molar-refractivity contribution in [2.24, 2.45) is 16.3 Å². The third-order valence-electron chi connectivity index (χ3n) is 5.04. The van der Waals surface area contributed by atoms with Crippen LogP contribution < -0.4 is 4.74 Å². The lowest BCUT2D eigenvalue weighted by Crippen LogP contribution is -2.26. The molecule has 0 amide bonds. The van der Waals surface area contributed by atoms with Gasteiger partial charge in [0.05, 0.1) is 5.56 Å². The van der Waals surface area contributed by atoms with Crippen molar-refractivity contribution in [1.82, 2.24) is 0 Å². The van der Waals surface area contributed by atoms with Crippen molar-refractivity contribution in [3.63, 3.8) is 0 Å². The number of alkyl halides is 2. The van der Waals surface area contributed by atoms with Gasteiger partial charge in [-0.3, -0.25) is 0 Å². The second-order valence-corrected chi connectivity index (χ2v) is 8.86. The van der Waals surface area contributed by atoms with Crippen LogP contribution >= 0.6 is 11.3 Å². The van der Waals surface area contributed by atoms with Crippen molar-refractivity contribution in [2.45, 2.75) is 46.6 Å². The van der Waals surface area contributed by atoms with E-state index in [0.29, 0.717) is 22.0 Å². The smallest absolute Gasteiger partial charge is 0.387 e. The highest BCUT2D eigenvalue weighted by Gasteiger charge is 2.32. The van der Waals surface area contributed by atoms with Crippen LogP contribution in [0.1, 0.15) is 48.8 Å². The van der Waals surface area contributed by atoms with E-state index < -0.39 is 6.61 Å². The molecule has 0 saturated carbocycles. The number of hydrogen-bond acceptors (Lipinski definition) is 4. The summed E-state index contributed by atoms with van der Waals surface area (Å²) in [6, 6.07) is 8.79. The Bertz CT molecular complexity index is 891. The molecule has 1 atom stereocenters. The zero-order valence-electron chi connectivity index (χ0n) is 15.6. The first-order valence-corrected chi connectivity index (χ1v) is 9.73. The van der Waals surface area contributed by atoms with Gasteiger partial charge < -0.3 is 4.74 Å². The van der Waals surface area contributed by atoms with Crippen molar-refractivity contribution in [3.8, 4) is 11.8 Å². The van der Waals surface area contributed by atoms with Crippen LogP contribution in [0.15, 0.2) is 29.3 Å². The first-order valence-electron chi connectivity index (χ1n) is 8.92. The van der Waals surface area contributed by atoms with E-state index in [4.69, 9.17) is 0 Å². The molecule has 0 fully saturated rings. The number of rotatable bonds is 4. The number of thiophene rings is 1. The molecular weight excluding hydrogens is 366 g/mol. The van der Waals surface area contributed by atoms with Crippen LogP contribution in [0, 0.1) is 22.7 Å². The van der Waals surface area contributed by atoms with Gasteiger partial charge in [0, 0.05) is 16.7 Å². The molecule has 3 nitrogen and oxygen atoms in total. The standard InChI is InChI=1S/C21H22F2N2OS/c1-21(2,3)14-8-9-15-16(11-24)19(27-18(15)10-14)25-12-13-6-4-5-7-17(13)26-20(22)23/h4-7,12,14,20H,8-10H2,1-3H3/t14-/m1/s1. The maximum Gasteiger partial charge on any atom is 0.387 e. The molecule has 3 rings (SSSR count). The average molecular weight is 388 g/mol. The van der Waals surface area contributed by atoms with Crippen molar-refractivity contribution in [2.75, 3.05) is 0 Å². The topological polar surface area (TPSA) is 45.4 Å². The van der Waals surface area contributed by atoms with Gasteiger partial charge in [-0.2, -0.15) is 14.0 Å². The molecule has 0 bridgehead atoms. The van der Waals surface area contributed by atoms with E-state index in [2.05, 4.69) is 36.6 Å². The minimum atomic E-state index is -2.89. The molecule has 142 valence electrons. The summed E-state index contributed by atoms with van der Waals surface area (Å²) in [5.74, 6) is 0.649. The Hall–Kier alpha value is -2.26. The summed E-state index contributed by atoms with van der Waals surface area (Å²) in [5.41, 5.74) is 2.41. The van der Waals surface area contributed by atoms with Crippen LogP contribution in [-0.4, -0.2) is 12.8 Å². The molecule has 0 spiro atoms. The largest absolute Gasteiger partial charge is 0.434 e. The third-order valence-corrected chi connectivity index (χ3v) is 6.20. The molecule has 27 heavy (non-hydrogen) atoms. The summed E-state index contributed by atoms with van der Waals surface area (Å²) in [6.07, 6.45) is 4.41. The Morgan fingerprint density at radius 3 is 2.74 bits per heavy atom. The number of para-hydroxylation sites is 1. The van der Waals surface area contributed by atoms with Gasteiger partial charge in [-0.05, 0) is 48.3 Å². The van der Waals surface area contributed by atoms with Crippen molar-refractivity contribution < 1.29 is 13.5 Å². The van der Waals surface area contributed by atoms with Gasteiger partial charge in [0.25, 0.3) is 0 Å². The Morgan fingerprint density at radius 2 is 2.07 bits per heavy atom. The van der Waals surface area contributed by atoms with Gasteiger partial charge in [-0.25, -0.2) is 4.99 Å². The molecule has 2 aromatic rings. The number of halogens is 2.